The number of carbonyl (C=O) groups is 1. The number of nitrogens with two attached hydrogens (primary N) is 1. The Labute approximate surface area is 85.7 Å². The summed E-state index contributed by atoms with van der Waals surface area (Å²) in [4.78, 5) is 11.1. The maximum absolute atomic E-state index is 11.1. The largest absolute Gasteiger partial charge is 0.481 e. The molecule has 0 aromatic rings. The minimum absolute atomic E-state index is 0.112. The molecule has 82 valence electrons. The molecule has 3 N–H and O–H groups in total. The van der Waals surface area contributed by atoms with Gasteiger partial charge in [0.15, 0.2) is 0 Å². The Morgan fingerprint density at radius 2 is 2.00 bits per heavy atom. The molecule has 0 radical (unpaired) electrons. The quantitative estimate of drug-likeness (QED) is 0.728. The van der Waals surface area contributed by atoms with E-state index < -0.39 is 5.97 Å². The summed E-state index contributed by atoms with van der Waals surface area (Å²) in [5.41, 5.74) is 5.68. The van der Waals surface area contributed by atoms with E-state index in [1.165, 1.54) is 6.42 Å². The fourth-order valence-electron chi connectivity index (χ4n) is 2.82. The van der Waals surface area contributed by atoms with Crippen molar-refractivity contribution < 1.29 is 9.90 Å². The average molecular weight is 199 g/mol. The molecule has 1 aliphatic rings. The van der Waals surface area contributed by atoms with Crippen molar-refractivity contribution in [1.29, 1.82) is 0 Å². The molecular formula is C11H21NO2. The molecule has 0 heterocycles. The number of aliphatic carboxylic acids is 1. The normalized spacial score (nSPS) is 23.0. The lowest BCUT2D eigenvalue weighted by molar-refractivity contribution is -0.147. The van der Waals surface area contributed by atoms with Crippen LogP contribution in [0.1, 0.15) is 45.4 Å². The van der Waals surface area contributed by atoms with Crippen molar-refractivity contribution in [1.82, 2.24) is 0 Å². The van der Waals surface area contributed by atoms with E-state index in [2.05, 4.69) is 0 Å². The number of hydrogen-bond donors (Lipinski definition) is 2. The van der Waals surface area contributed by atoms with Crippen LogP contribution in [0.2, 0.25) is 0 Å². The Kier molecular flexibility index (Phi) is 3.93. The molecule has 1 saturated carbocycles. The molecule has 0 spiro atoms. The van der Waals surface area contributed by atoms with Crippen molar-refractivity contribution >= 4 is 5.97 Å². The molecule has 0 aliphatic heterocycles. The Bertz CT molecular complexity index is 197. The minimum Gasteiger partial charge on any atom is -0.481 e. The van der Waals surface area contributed by atoms with Gasteiger partial charge in [-0.25, -0.2) is 0 Å². The lowest BCUT2D eigenvalue weighted by Gasteiger charge is -2.40. The molecule has 1 rings (SSSR count). The standard InChI is InChI=1S/C11H21NO2/c1-2-9(10(13)14)11(8-12)6-4-3-5-7-11/h9H,2-8,12H2,1H3,(H,13,14). The number of hydrogen-bond acceptors (Lipinski definition) is 2. The van der Waals surface area contributed by atoms with Crippen LogP contribution in [-0.2, 0) is 4.79 Å². The van der Waals surface area contributed by atoms with E-state index in [4.69, 9.17) is 10.8 Å². The third-order valence-electron chi connectivity index (χ3n) is 3.70. The summed E-state index contributed by atoms with van der Waals surface area (Å²) in [6.07, 6.45) is 6.20. The van der Waals surface area contributed by atoms with Crippen LogP contribution < -0.4 is 5.73 Å². The first kappa shape index (κ1) is 11.5. The Hall–Kier alpha value is -0.570. The van der Waals surface area contributed by atoms with Crippen molar-refractivity contribution in [2.75, 3.05) is 6.54 Å². The molecule has 1 fully saturated rings. The Morgan fingerprint density at radius 1 is 1.43 bits per heavy atom. The van der Waals surface area contributed by atoms with Crippen LogP contribution in [0.15, 0.2) is 0 Å². The van der Waals surface area contributed by atoms with E-state index in [-0.39, 0.29) is 11.3 Å². The fraction of sp³-hybridized carbons (Fsp3) is 0.909. The molecule has 0 aromatic heterocycles. The molecule has 1 atom stereocenters. The van der Waals surface area contributed by atoms with Gasteiger partial charge >= 0.3 is 5.97 Å². The fourth-order valence-corrected chi connectivity index (χ4v) is 2.82. The van der Waals surface area contributed by atoms with Crippen LogP contribution in [0.4, 0.5) is 0 Å². The van der Waals surface area contributed by atoms with Crippen LogP contribution in [0.5, 0.6) is 0 Å². The van der Waals surface area contributed by atoms with Gasteiger partial charge in [-0.1, -0.05) is 26.2 Å². The predicted octanol–water partition coefficient (Wildman–Crippen LogP) is 2.01. The van der Waals surface area contributed by atoms with Gasteiger partial charge in [-0.2, -0.15) is 0 Å². The van der Waals surface area contributed by atoms with Crippen molar-refractivity contribution in [3.05, 3.63) is 0 Å². The minimum atomic E-state index is -0.667. The third-order valence-corrected chi connectivity index (χ3v) is 3.70. The molecule has 1 aliphatic carbocycles. The molecule has 1 unspecified atom stereocenters. The van der Waals surface area contributed by atoms with Crippen LogP contribution in [0, 0.1) is 11.3 Å². The van der Waals surface area contributed by atoms with Gasteiger partial charge in [0.05, 0.1) is 5.92 Å². The molecular weight excluding hydrogens is 178 g/mol. The van der Waals surface area contributed by atoms with Gasteiger partial charge in [-0.15, -0.1) is 0 Å². The molecule has 0 aromatic carbocycles. The van der Waals surface area contributed by atoms with Crippen LogP contribution in [0.25, 0.3) is 0 Å². The van der Waals surface area contributed by atoms with E-state index in [9.17, 15) is 4.79 Å². The van der Waals surface area contributed by atoms with Gasteiger partial charge in [-0.3, -0.25) is 4.79 Å². The third kappa shape index (κ3) is 2.08. The summed E-state index contributed by atoms with van der Waals surface area (Å²) in [5, 5.41) is 9.17. The van der Waals surface area contributed by atoms with E-state index in [0.717, 1.165) is 25.7 Å². The lowest BCUT2D eigenvalue weighted by atomic mass is 9.65. The summed E-state index contributed by atoms with van der Waals surface area (Å²) in [5.74, 6) is -0.910. The maximum atomic E-state index is 11.1. The highest BCUT2D eigenvalue weighted by atomic mass is 16.4. The Morgan fingerprint density at radius 3 is 2.36 bits per heavy atom. The summed E-state index contributed by atoms with van der Waals surface area (Å²) in [6.45, 7) is 2.47. The van der Waals surface area contributed by atoms with Gasteiger partial charge < -0.3 is 10.8 Å². The number of carboxylic acids is 1. The zero-order valence-electron chi connectivity index (χ0n) is 8.96. The van der Waals surface area contributed by atoms with E-state index >= 15 is 0 Å². The highest BCUT2D eigenvalue weighted by molar-refractivity contribution is 5.71. The molecule has 0 saturated heterocycles. The molecule has 0 amide bonds. The monoisotopic (exact) mass is 199 g/mol. The zero-order chi connectivity index (χ0) is 10.6. The van der Waals surface area contributed by atoms with Gasteiger partial charge in [0, 0.05) is 0 Å². The maximum Gasteiger partial charge on any atom is 0.307 e. The Balaban J connectivity index is 2.79. The van der Waals surface area contributed by atoms with Crippen molar-refractivity contribution in [2.24, 2.45) is 17.1 Å². The lowest BCUT2D eigenvalue weighted by Crippen LogP contribution is -2.43. The van der Waals surface area contributed by atoms with Gasteiger partial charge in [0.25, 0.3) is 0 Å². The highest BCUT2D eigenvalue weighted by Crippen LogP contribution is 2.43. The predicted molar refractivity (Wildman–Crippen MR) is 56.0 cm³/mol. The summed E-state index contributed by atoms with van der Waals surface area (Å²) < 4.78 is 0. The first-order valence-electron chi connectivity index (χ1n) is 5.59. The second-order valence-electron chi connectivity index (χ2n) is 4.43. The molecule has 3 heteroatoms. The van der Waals surface area contributed by atoms with Gasteiger partial charge in [0.2, 0.25) is 0 Å². The SMILES string of the molecule is CCC(C(=O)O)C1(CN)CCCCC1. The van der Waals surface area contributed by atoms with Crippen molar-refractivity contribution in [3.63, 3.8) is 0 Å². The van der Waals surface area contributed by atoms with Crippen LogP contribution in [-0.4, -0.2) is 17.6 Å². The zero-order valence-corrected chi connectivity index (χ0v) is 8.96. The second kappa shape index (κ2) is 4.78. The van der Waals surface area contributed by atoms with E-state index in [1.807, 2.05) is 6.92 Å². The van der Waals surface area contributed by atoms with Crippen molar-refractivity contribution in [2.45, 2.75) is 45.4 Å². The van der Waals surface area contributed by atoms with Crippen LogP contribution in [0.3, 0.4) is 0 Å². The number of rotatable bonds is 4. The first-order chi connectivity index (χ1) is 6.66. The molecule has 14 heavy (non-hydrogen) atoms. The van der Waals surface area contributed by atoms with Crippen LogP contribution >= 0.6 is 0 Å². The summed E-state index contributed by atoms with van der Waals surface area (Å²) in [7, 11) is 0. The van der Waals surface area contributed by atoms with Gasteiger partial charge in [-0.05, 0) is 31.2 Å². The van der Waals surface area contributed by atoms with Crippen molar-refractivity contribution in [3.8, 4) is 0 Å². The molecule has 3 nitrogen and oxygen atoms in total. The average Bonchev–Trinajstić information content (AvgIpc) is 2.19. The number of carboxylic acid groups (broad SMARTS) is 1. The summed E-state index contributed by atoms with van der Waals surface area (Å²) in [6, 6.07) is 0. The summed E-state index contributed by atoms with van der Waals surface area (Å²) >= 11 is 0. The van der Waals surface area contributed by atoms with E-state index in [1.54, 1.807) is 0 Å². The van der Waals surface area contributed by atoms with E-state index in [0.29, 0.717) is 13.0 Å². The second-order valence-corrected chi connectivity index (χ2v) is 4.43. The smallest absolute Gasteiger partial charge is 0.307 e. The molecule has 0 bridgehead atoms. The van der Waals surface area contributed by atoms with Gasteiger partial charge in [0.1, 0.15) is 0 Å². The topological polar surface area (TPSA) is 63.3 Å². The highest BCUT2D eigenvalue weighted by Gasteiger charge is 2.41. The first-order valence-corrected chi connectivity index (χ1v) is 5.59.